The summed E-state index contributed by atoms with van der Waals surface area (Å²) in [5.74, 6) is 0.802. The average molecular weight is 528 g/mol. The zero-order valence-electron chi connectivity index (χ0n) is 16.4. The number of rotatable bonds is 7. The summed E-state index contributed by atoms with van der Waals surface area (Å²) in [7, 11) is 1.79. The van der Waals surface area contributed by atoms with E-state index >= 15 is 0 Å². The monoisotopic (exact) mass is 527 g/mol. The summed E-state index contributed by atoms with van der Waals surface area (Å²) in [6.45, 7) is 5.75. The van der Waals surface area contributed by atoms with Crippen LogP contribution in [0.2, 0.25) is 0 Å². The Morgan fingerprint density at radius 3 is 2.61 bits per heavy atom. The summed E-state index contributed by atoms with van der Waals surface area (Å²) in [5, 5.41) is 8.98. The molecule has 0 spiro atoms. The zero-order chi connectivity index (χ0) is 19.1. The lowest BCUT2D eigenvalue weighted by Gasteiger charge is -2.10. The van der Waals surface area contributed by atoms with Gasteiger partial charge in [0.1, 0.15) is 5.01 Å². The molecule has 0 aliphatic carbocycles. The van der Waals surface area contributed by atoms with Crippen LogP contribution in [0.5, 0.6) is 0 Å². The molecular formula is C20H26IN5S2. The molecule has 5 nitrogen and oxygen atoms in total. The zero-order valence-corrected chi connectivity index (χ0v) is 20.3. The Bertz CT molecular complexity index is 889. The summed E-state index contributed by atoms with van der Waals surface area (Å²) in [4.78, 5) is 16.0. The van der Waals surface area contributed by atoms with Crippen molar-refractivity contribution in [3.05, 3.63) is 57.0 Å². The molecule has 1 aromatic carbocycles. The Hall–Kier alpha value is -1.52. The van der Waals surface area contributed by atoms with Crippen molar-refractivity contribution in [1.82, 2.24) is 20.6 Å². The van der Waals surface area contributed by atoms with Gasteiger partial charge in [0.15, 0.2) is 5.96 Å². The highest BCUT2D eigenvalue weighted by Gasteiger charge is 2.10. The molecule has 0 aliphatic rings. The molecule has 2 N–H and O–H groups in total. The van der Waals surface area contributed by atoms with Gasteiger partial charge in [0.25, 0.3) is 0 Å². The number of aryl methyl sites for hydroxylation is 2. The van der Waals surface area contributed by atoms with E-state index in [1.165, 1.54) is 14.8 Å². The van der Waals surface area contributed by atoms with E-state index in [9.17, 15) is 0 Å². The number of aliphatic imine (C=N–C) groups is 1. The van der Waals surface area contributed by atoms with Gasteiger partial charge in [-0.3, -0.25) is 4.99 Å². The van der Waals surface area contributed by atoms with Crippen molar-refractivity contribution in [3.63, 3.8) is 0 Å². The fourth-order valence-electron chi connectivity index (χ4n) is 2.60. The molecular weight excluding hydrogens is 501 g/mol. The van der Waals surface area contributed by atoms with Gasteiger partial charge in [0.05, 0.1) is 17.2 Å². The van der Waals surface area contributed by atoms with Gasteiger partial charge in [0, 0.05) is 41.5 Å². The fraction of sp³-hybridized carbons (Fsp3) is 0.350. The van der Waals surface area contributed by atoms with E-state index in [0.717, 1.165) is 41.6 Å². The second-order valence-electron chi connectivity index (χ2n) is 6.07. The summed E-state index contributed by atoms with van der Waals surface area (Å²) in [5.41, 5.74) is 2.23. The standard InChI is InChI=1S/C20H25N5S2.HI/c1-4-16-12-23-18(26-16)10-11-22-20(21-3)24-13-17-14(2)25-19(27-17)15-8-6-5-7-9-15;/h5-9,12H,4,10-11,13H2,1-3H3,(H2,21,22,24);1H. The van der Waals surface area contributed by atoms with Crippen LogP contribution in [0, 0.1) is 6.92 Å². The minimum Gasteiger partial charge on any atom is -0.356 e. The maximum atomic E-state index is 4.71. The Morgan fingerprint density at radius 1 is 1.14 bits per heavy atom. The van der Waals surface area contributed by atoms with E-state index in [-0.39, 0.29) is 24.0 Å². The molecule has 2 aromatic heterocycles. The summed E-state index contributed by atoms with van der Waals surface area (Å²) < 4.78 is 0. The van der Waals surface area contributed by atoms with Crippen molar-refractivity contribution in [2.45, 2.75) is 33.2 Å². The molecule has 0 atom stereocenters. The first-order valence-corrected chi connectivity index (χ1v) is 10.7. The molecule has 150 valence electrons. The van der Waals surface area contributed by atoms with Crippen molar-refractivity contribution >= 4 is 52.6 Å². The maximum absolute atomic E-state index is 4.71. The third-order valence-electron chi connectivity index (χ3n) is 4.13. The second-order valence-corrected chi connectivity index (χ2v) is 8.35. The molecule has 0 saturated heterocycles. The SMILES string of the molecule is CCc1cnc(CCNC(=NC)NCc2sc(-c3ccccc3)nc2C)s1.I. The minimum atomic E-state index is 0. The quantitative estimate of drug-likeness (QED) is 0.267. The number of guanidine groups is 1. The van der Waals surface area contributed by atoms with E-state index < -0.39 is 0 Å². The van der Waals surface area contributed by atoms with Crippen LogP contribution in [0.4, 0.5) is 0 Å². The lowest BCUT2D eigenvalue weighted by atomic mass is 10.2. The molecule has 2 heterocycles. The predicted octanol–water partition coefficient (Wildman–Crippen LogP) is 4.66. The van der Waals surface area contributed by atoms with Gasteiger partial charge in [0.2, 0.25) is 0 Å². The number of aromatic nitrogens is 2. The molecule has 0 saturated carbocycles. The van der Waals surface area contributed by atoms with Crippen molar-refractivity contribution < 1.29 is 0 Å². The van der Waals surface area contributed by atoms with Gasteiger partial charge in [-0.25, -0.2) is 9.97 Å². The Labute approximate surface area is 191 Å². The minimum absolute atomic E-state index is 0. The van der Waals surface area contributed by atoms with E-state index in [1.807, 2.05) is 24.4 Å². The van der Waals surface area contributed by atoms with Crippen molar-refractivity contribution in [1.29, 1.82) is 0 Å². The number of thiazole rings is 2. The summed E-state index contributed by atoms with van der Waals surface area (Å²) in [6.07, 6.45) is 3.93. The first-order chi connectivity index (χ1) is 13.2. The van der Waals surface area contributed by atoms with Crippen LogP contribution in [-0.4, -0.2) is 29.5 Å². The largest absolute Gasteiger partial charge is 0.356 e. The molecule has 0 aliphatic heterocycles. The highest BCUT2D eigenvalue weighted by molar-refractivity contribution is 14.0. The van der Waals surface area contributed by atoms with Gasteiger partial charge in [-0.15, -0.1) is 46.7 Å². The van der Waals surface area contributed by atoms with Gasteiger partial charge >= 0.3 is 0 Å². The van der Waals surface area contributed by atoms with Crippen molar-refractivity contribution in [2.75, 3.05) is 13.6 Å². The lowest BCUT2D eigenvalue weighted by Crippen LogP contribution is -2.37. The molecule has 0 unspecified atom stereocenters. The number of hydrogen-bond donors (Lipinski definition) is 2. The third-order valence-corrected chi connectivity index (χ3v) is 6.54. The van der Waals surface area contributed by atoms with Crippen LogP contribution in [0.1, 0.15) is 27.4 Å². The number of nitrogens with zero attached hydrogens (tertiary/aromatic N) is 3. The van der Waals surface area contributed by atoms with Crippen molar-refractivity contribution in [2.24, 2.45) is 4.99 Å². The van der Waals surface area contributed by atoms with Crippen molar-refractivity contribution in [3.8, 4) is 10.6 Å². The Morgan fingerprint density at radius 2 is 1.93 bits per heavy atom. The predicted molar refractivity (Wildman–Crippen MR) is 131 cm³/mol. The molecule has 28 heavy (non-hydrogen) atoms. The smallest absolute Gasteiger partial charge is 0.191 e. The van der Waals surface area contributed by atoms with Crippen LogP contribution < -0.4 is 10.6 Å². The van der Waals surface area contributed by atoms with Gasteiger partial charge < -0.3 is 10.6 Å². The van der Waals surface area contributed by atoms with Crippen LogP contribution >= 0.6 is 46.7 Å². The second kappa shape index (κ2) is 11.5. The number of halogens is 1. The van der Waals surface area contributed by atoms with E-state index in [4.69, 9.17) is 4.98 Å². The summed E-state index contributed by atoms with van der Waals surface area (Å²) >= 11 is 3.51. The fourth-order valence-corrected chi connectivity index (χ4v) is 4.47. The molecule has 0 amide bonds. The first-order valence-electron chi connectivity index (χ1n) is 9.09. The highest BCUT2D eigenvalue weighted by atomic mass is 127. The van der Waals surface area contributed by atoms with Crippen LogP contribution in [-0.2, 0) is 19.4 Å². The first kappa shape index (κ1) is 22.8. The van der Waals surface area contributed by atoms with Crippen LogP contribution in [0.3, 0.4) is 0 Å². The Kier molecular flexibility index (Phi) is 9.33. The molecule has 8 heteroatoms. The number of hydrogen-bond acceptors (Lipinski definition) is 5. The van der Waals surface area contributed by atoms with E-state index in [1.54, 1.807) is 29.7 Å². The highest BCUT2D eigenvalue weighted by Crippen LogP contribution is 2.27. The van der Waals surface area contributed by atoms with Gasteiger partial charge in [-0.2, -0.15) is 0 Å². The molecule has 3 aromatic rings. The maximum Gasteiger partial charge on any atom is 0.191 e. The normalized spacial score (nSPS) is 11.2. The van der Waals surface area contributed by atoms with Crippen LogP contribution in [0.15, 0.2) is 41.5 Å². The topological polar surface area (TPSA) is 62.2 Å². The van der Waals surface area contributed by atoms with Crippen LogP contribution in [0.25, 0.3) is 10.6 Å². The lowest BCUT2D eigenvalue weighted by molar-refractivity contribution is 0.794. The number of nitrogens with one attached hydrogen (secondary N) is 2. The molecule has 0 radical (unpaired) electrons. The summed E-state index contributed by atoms with van der Waals surface area (Å²) in [6, 6.07) is 10.3. The Balaban J connectivity index is 0.00000280. The third kappa shape index (κ3) is 6.25. The van der Waals surface area contributed by atoms with Gasteiger partial charge in [-0.05, 0) is 13.3 Å². The molecule has 3 rings (SSSR count). The van der Waals surface area contributed by atoms with E-state index in [2.05, 4.69) is 46.6 Å². The molecule has 0 fully saturated rings. The van der Waals surface area contributed by atoms with Gasteiger partial charge in [-0.1, -0.05) is 37.3 Å². The molecule has 0 bridgehead atoms. The number of benzene rings is 1. The van der Waals surface area contributed by atoms with E-state index in [0.29, 0.717) is 6.54 Å². The average Bonchev–Trinajstić information content (AvgIpc) is 3.31.